The monoisotopic (exact) mass is 539 g/mol. The third-order valence-corrected chi connectivity index (χ3v) is 6.06. The van der Waals surface area contributed by atoms with Gasteiger partial charge in [-0.15, -0.1) is 0 Å². The van der Waals surface area contributed by atoms with Crippen LogP contribution < -0.4 is 5.32 Å². The summed E-state index contributed by atoms with van der Waals surface area (Å²) in [4.78, 5) is 50.1. The number of carbonyl (C=O) groups is 4. The lowest BCUT2D eigenvalue weighted by Crippen LogP contribution is -2.43. The third-order valence-electron chi connectivity index (χ3n) is 6.06. The fraction of sp³-hybridized carbons (Fsp3) is 0.467. The van der Waals surface area contributed by atoms with Crippen molar-refractivity contribution in [3.8, 4) is 11.1 Å². The van der Waals surface area contributed by atoms with Crippen molar-refractivity contribution >= 4 is 24.0 Å². The maximum Gasteiger partial charge on any atom is 0.407 e. The van der Waals surface area contributed by atoms with Crippen LogP contribution in [0.25, 0.3) is 11.1 Å². The summed E-state index contributed by atoms with van der Waals surface area (Å²) >= 11 is 0. The summed E-state index contributed by atoms with van der Waals surface area (Å²) in [6.07, 6.45) is -1.33. The van der Waals surface area contributed by atoms with E-state index in [4.69, 9.17) is 14.2 Å². The van der Waals surface area contributed by atoms with E-state index in [2.05, 4.69) is 5.32 Å². The van der Waals surface area contributed by atoms with Crippen LogP contribution >= 0.6 is 0 Å². The molecular formula is C30H37NO8. The SMILES string of the molecule is CC(C)(C)OC(=O)C(CCC(NC(=O)OCC1c2ccccc2-c2ccccc21)C(=O)O)C(=O)OC(C)(C)C. The number of hydrogen-bond acceptors (Lipinski definition) is 7. The Morgan fingerprint density at radius 2 is 1.26 bits per heavy atom. The maximum absolute atomic E-state index is 12.8. The normalized spacial score (nSPS) is 13.7. The van der Waals surface area contributed by atoms with Gasteiger partial charge in [-0.1, -0.05) is 48.5 Å². The molecule has 0 saturated carbocycles. The minimum Gasteiger partial charge on any atom is -0.480 e. The van der Waals surface area contributed by atoms with E-state index in [-0.39, 0.29) is 25.4 Å². The molecule has 0 radical (unpaired) electrons. The van der Waals surface area contributed by atoms with Crippen LogP contribution in [0.1, 0.15) is 71.4 Å². The first-order valence-electron chi connectivity index (χ1n) is 13.0. The molecule has 39 heavy (non-hydrogen) atoms. The molecule has 2 N–H and O–H groups in total. The maximum atomic E-state index is 12.8. The molecule has 0 spiro atoms. The third kappa shape index (κ3) is 8.05. The van der Waals surface area contributed by atoms with Gasteiger partial charge in [-0.3, -0.25) is 9.59 Å². The number of nitrogens with one attached hydrogen (secondary N) is 1. The Bertz CT molecular complexity index is 1150. The Labute approximate surface area is 228 Å². The lowest BCUT2D eigenvalue weighted by molar-refractivity contribution is -0.175. The molecule has 1 aliphatic carbocycles. The van der Waals surface area contributed by atoms with E-state index in [9.17, 15) is 24.3 Å². The van der Waals surface area contributed by atoms with Crippen molar-refractivity contribution in [1.82, 2.24) is 5.32 Å². The number of ether oxygens (including phenoxy) is 3. The second-order valence-corrected chi connectivity index (χ2v) is 11.6. The second kappa shape index (κ2) is 11.9. The highest BCUT2D eigenvalue weighted by molar-refractivity contribution is 5.95. The Kier molecular flexibility index (Phi) is 9.04. The predicted octanol–water partition coefficient (Wildman–Crippen LogP) is 5.06. The van der Waals surface area contributed by atoms with Gasteiger partial charge in [-0.2, -0.15) is 0 Å². The minimum atomic E-state index is -1.40. The van der Waals surface area contributed by atoms with Gasteiger partial charge < -0.3 is 24.6 Å². The summed E-state index contributed by atoms with van der Waals surface area (Å²) in [5.41, 5.74) is 2.48. The molecule has 0 bridgehead atoms. The molecule has 0 aliphatic heterocycles. The quantitative estimate of drug-likeness (QED) is 0.257. The smallest absolute Gasteiger partial charge is 0.407 e. The number of fused-ring (bicyclic) bond motifs is 3. The van der Waals surface area contributed by atoms with Gasteiger partial charge in [-0.05, 0) is 76.6 Å². The molecule has 1 unspecified atom stereocenters. The first-order chi connectivity index (χ1) is 18.2. The lowest BCUT2D eigenvalue weighted by Gasteiger charge is -2.26. The Balaban J connectivity index is 1.65. The van der Waals surface area contributed by atoms with Crippen molar-refractivity contribution in [2.45, 2.75) is 77.5 Å². The molecule has 9 heteroatoms. The van der Waals surface area contributed by atoms with Gasteiger partial charge in [0.15, 0.2) is 5.92 Å². The summed E-state index contributed by atoms with van der Waals surface area (Å²) in [5.74, 6) is -4.50. The summed E-state index contributed by atoms with van der Waals surface area (Å²) in [7, 11) is 0. The summed E-state index contributed by atoms with van der Waals surface area (Å²) in [5, 5.41) is 12.1. The number of alkyl carbamates (subject to hydrolysis) is 1. The van der Waals surface area contributed by atoms with E-state index in [1.54, 1.807) is 41.5 Å². The van der Waals surface area contributed by atoms with E-state index >= 15 is 0 Å². The van der Waals surface area contributed by atoms with Crippen molar-refractivity contribution in [2.75, 3.05) is 6.61 Å². The number of carbonyl (C=O) groups excluding carboxylic acids is 3. The summed E-state index contributed by atoms with van der Waals surface area (Å²) in [6.45, 7) is 9.99. The van der Waals surface area contributed by atoms with E-state index in [0.717, 1.165) is 22.3 Å². The molecule has 1 amide bonds. The number of hydrogen-bond donors (Lipinski definition) is 2. The highest BCUT2D eigenvalue weighted by Crippen LogP contribution is 2.44. The molecule has 1 atom stereocenters. The topological polar surface area (TPSA) is 128 Å². The van der Waals surface area contributed by atoms with Crippen molar-refractivity contribution in [3.05, 3.63) is 59.7 Å². The zero-order valence-corrected chi connectivity index (χ0v) is 23.3. The highest BCUT2D eigenvalue weighted by atomic mass is 16.6. The predicted molar refractivity (Wildman–Crippen MR) is 144 cm³/mol. The summed E-state index contributed by atoms with van der Waals surface area (Å²) < 4.78 is 16.2. The number of amides is 1. The van der Waals surface area contributed by atoms with Gasteiger partial charge in [0.05, 0.1) is 0 Å². The molecule has 0 heterocycles. The Hall–Kier alpha value is -3.88. The molecule has 9 nitrogen and oxygen atoms in total. The molecule has 2 aromatic carbocycles. The highest BCUT2D eigenvalue weighted by Gasteiger charge is 2.36. The Morgan fingerprint density at radius 3 is 1.69 bits per heavy atom. The molecule has 0 fully saturated rings. The van der Waals surface area contributed by atoms with Crippen LogP contribution in [0.2, 0.25) is 0 Å². The standard InChI is InChI=1S/C30H37NO8/c1-29(2,3)38-26(34)22(27(35)39-30(4,5)6)15-16-24(25(32)33)31-28(36)37-17-23-20-13-9-7-11-18(20)19-12-8-10-14-21(19)23/h7-14,22-24H,15-17H2,1-6H3,(H,31,36)(H,32,33). The molecule has 210 valence electrons. The van der Waals surface area contributed by atoms with Gasteiger partial charge in [-0.25, -0.2) is 9.59 Å². The average Bonchev–Trinajstić information content (AvgIpc) is 3.13. The van der Waals surface area contributed by atoms with Gasteiger partial charge >= 0.3 is 24.0 Å². The van der Waals surface area contributed by atoms with E-state index in [1.165, 1.54) is 0 Å². The van der Waals surface area contributed by atoms with Gasteiger partial charge in [0, 0.05) is 5.92 Å². The van der Waals surface area contributed by atoms with E-state index in [0.29, 0.717) is 0 Å². The number of esters is 2. The molecule has 1 aliphatic rings. The van der Waals surface area contributed by atoms with Crippen LogP contribution in [0.3, 0.4) is 0 Å². The van der Waals surface area contributed by atoms with Crippen LogP contribution in [-0.4, -0.2) is 53.0 Å². The van der Waals surface area contributed by atoms with Crippen LogP contribution in [0.5, 0.6) is 0 Å². The second-order valence-electron chi connectivity index (χ2n) is 11.6. The van der Waals surface area contributed by atoms with Crippen molar-refractivity contribution in [2.24, 2.45) is 5.92 Å². The fourth-order valence-electron chi connectivity index (χ4n) is 4.45. The lowest BCUT2D eigenvalue weighted by atomic mass is 9.98. The van der Waals surface area contributed by atoms with Crippen LogP contribution in [0.15, 0.2) is 48.5 Å². The van der Waals surface area contributed by atoms with Gasteiger partial charge in [0.25, 0.3) is 0 Å². The number of carboxylic acids is 1. The summed E-state index contributed by atoms with van der Waals surface area (Å²) in [6, 6.07) is 14.3. The largest absolute Gasteiger partial charge is 0.480 e. The first-order valence-corrected chi connectivity index (χ1v) is 13.0. The molecule has 0 aromatic heterocycles. The van der Waals surface area contributed by atoms with Crippen LogP contribution in [-0.2, 0) is 28.6 Å². The van der Waals surface area contributed by atoms with E-state index < -0.39 is 47.2 Å². The zero-order chi connectivity index (χ0) is 29.0. The average molecular weight is 540 g/mol. The van der Waals surface area contributed by atoms with Crippen molar-refractivity contribution in [3.63, 3.8) is 0 Å². The number of benzene rings is 2. The molecule has 0 saturated heterocycles. The van der Waals surface area contributed by atoms with Gasteiger partial charge in [0.2, 0.25) is 0 Å². The van der Waals surface area contributed by atoms with Crippen molar-refractivity contribution < 1.29 is 38.5 Å². The van der Waals surface area contributed by atoms with Crippen LogP contribution in [0.4, 0.5) is 4.79 Å². The number of aliphatic carboxylic acids is 1. The first kappa shape index (κ1) is 29.7. The Morgan fingerprint density at radius 1 is 0.795 bits per heavy atom. The van der Waals surface area contributed by atoms with Gasteiger partial charge in [0.1, 0.15) is 23.9 Å². The van der Waals surface area contributed by atoms with Crippen LogP contribution in [0, 0.1) is 5.92 Å². The number of rotatable bonds is 9. The van der Waals surface area contributed by atoms with E-state index in [1.807, 2.05) is 48.5 Å². The molecule has 3 rings (SSSR count). The molecule has 2 aromatic rings. The molecular weight excluding hydrogens is 502 g/mol. The fourth-order valence-corrected chi connectivity index (χ4v) is 4.45. The van der Waals surface area contributed by atoms with Crippen molar-refractivity contribution in [1.29, 1.82) is 0 Å². The number of carboxylic acid groups (broad SMARTS) is 1. The zero-order valence-electron chi connectivity index (χ0n) is 23.3. The minimum absolute atomic E-state index is 0.0185.